The first-order chi connectivity index (χ1) is 11.3. The first kappa shape index (κ1) is 15.3. The summed E-state index contributed by atoms with van der Waals surface area (Å²) in [5.41, 5.74) is 0.867. The number of hydrogen-bond donors (Lipinski definition) is 0. The van der Waals surface area contributed by atoms with Crippen LogP contribution in [-0.2, 0) is 0 Å². The van der Waals surface area contributed by atoms with Crippen molar-refractivity contribution in [2.75, 3.05) is 26.2 Å². The summed E-state index contributed by atoms with van der Waals surface area (Å²) in [6.07, 6.45) is 7.60. The Kier molecular flexibility index (Phi) is 4.45. The van der Waals surface area contributed by atoms with Gasteiger partial charge in [0.05, 0.1) is 0 Å². The molecule has 4 nitrogen and oxygen atoms in total. The standard InChI is InChI=1S/C18H24ClN3O/c19-14-7-8-16-15(13-14)20-17(21-9-3-1-4-10-21)18(23-16)22-11-5-2-6-12-22/h7-8,13,18H,1-6,9-12H2. The lowest BCUT2D eigenvalue weighted by Gasteiger charge is -2.41. The zero-order valence-corrected chi connectivity index (χ0v) is 14.3. The lowest BCUT2D eigenvalue weighted by molar-refractivity contribution is 0.0486. The van der Waals surface area contributed by atoms with Gasteiger partial charge >= 0.3 is 0 Å². The normalized spacial score (nSPS) is 25.5. The zero-order chi connectivity index (χ0) is 15.6. The molecule has 1 aromatic carbocycles. The van der Waals surface area contributed by atoms with Gasteiger partial charge in [0.15, 0.2) is 5.84 Å². The van der Waals surface area contributed by atoms with Gasteiger partial charge < -0.3 is 9.64 Å². The number of benzene rings is 1. The monoisotopic (exact) mass is 333 g/mol. The Morgan fingerprint density at radius 1 is 0.957 bits per heavy atom. The SMILES string of the molecule is Clc1ccc2c(c1)N=C(N1CCCCC1)C(N1CCCCC1)O2. The fourth-order valence-electron chi connectivity index (χ4n) is 3.77. The average molecular weight is 334 g/mol. The van der Waals surface area contributed by atoms with Crippen molar-refractivity contribution >= 4 is 23.1 Å². The summed E-state index contributed by atoms with van der Waals surface area (Å²) in [6.45, 7) is 4.37. The van der Waals surface area contributed by atoms with Crippen molar-refractivity contribution in [3.05, 3.63) is 23.2 Å². The predicted octanol–water partition coefficient (Wildman–Crippen LogP) is 4.06. The highest BCUT2D eigenvalue weighted by molar-refractivity contribution is 6.30. The van der Waals surface area contributed by atoms with Crippen LogP contribution in [0.1, 0.15) is 38.5 Å². The number of hydrogen-bond acceptors (Lipinski definition) is 4. The molecular formula is C18H24ClN3O. The molecule has 1 atom stereocenters. The Bertz CT molecular complexity index is 592. The molecule has 0 aromatic heterocycles. The van der Waals surface area contributed by atoms with Crippen LogP contribution in [0.15, 0.2) is 23.2 Å². The maximum atomic E-state index is 6.39. The minimum Gasteiger partial charge on any atom is -0.465 e. The summed E-state index contributed by atoms with van der Waals surface area (Å²) in [5.74, 6) is 1.94. The highest BCUT2D eigenvalue weighted by Gasteiger charge is 2.34. The molecule has 0 radical (unpaired) electrons. The molecule has 3 aliphatic heterocycles. The first-order valence-electron chi connectivity index (χ1n) is 8.85. The van der Waals surface area contributed by atoms with Gasteiger partial charge in [-0.15, -0.1) is 0 Å². The summed E-state index contributed by atoms with van der Waals surface area (Å²) < 4.78 is 6.39. The number of piperidine rings is 2. The highest BCUT2D eigenvalue weighted by atomic mass is 35.5. The number of nitrogens with zero attached hydrogens (tertiary/aromatic N) is 3. The van der Waals surface area contributed by atoms with E-state index in [0.29, 0.717) is 5.02 Å². The quantitative estimate of drug-likeness (QED) is 0.775. The van der Waals surface area contributed by atoms with Crippen LogP contribution >= 0.6 is 11.6 Å². The molecule has 2 fully saturated rings. The largest absolute Gasteiger partial charge is 0.465 e. The van der Waals surface area contributed by atoms with Gasteiger partial charge in [0.2, 0.25) is 6.23 Å². The smallest absolute Gasteiger partial charge is 0.211 e. The van der Waals surface area contributed by atoms with Crippen molar-refractivity contribution in [1.29, 1.82) is 0 Å². The van der Waals surface area contributed by atoms with E-state index in [0.717, 1.165) is 43.5 Å². The van der Waals surface area contributed by atoms with Crippen LogP contribution in [0.3, 0.4) is 0 Å². The van der Waals surface area contributed by atoms with Gasteiger partial charge in [0, 0.05) is 31.2 Å². The van der Waals surface area contributed by atoms with Crippen molar-refractivity contribution in [2.45, 2.75) is 44.8 Å². The maximum absolute atomic E-state index is 6.39. The van der Waals surface area contributed by atoms with E-state index in [-0.39, 0.29) is 6.23 Å². The summed E-state index contributed by atoms with van der Waals surface area (Å²) in [5, 5.41) is 0.713. The van der Waals surface area contributed by atoms with E-state index < -0.39 is 0 Å². The third kappa shape index (κ3) is 3.20. The van der Waals surface area contributed by atoms with E-state index in [1.54, 1.807) is 0 Å². The molecule has 3 aliphatic rings. The lowest BCUT2D eigenvalue weighted by atomic mass is 10.1. The van der Waals surface area contributed by atoms with Crippen LogP contribution in [0.5, 0.6) is 5.75 Å². The average Bonchev–Trinajstić information content (AvgIpc) is 2.62. The first-order valence-corrected chi connectivity index (χ1v) is 9.23. The highest BCUT2D eigenvalue weighted by Crippen LogP contribution is 2.37. The molecule has 124 valence electrons. The van der Waals surface area contributed by atoms with Gasteiger partial charge in [0.1, 0.15) is 11.4 Å². The fourth-order valence-corrected chi connectivity index (χ4v) is 3.94. The molecule has 3 heterocycles. The third-order valence-electron chi connectivity index (χ3n) is 5.02. The second kappa shape index (κ2) is 6.70. The number of likely N-dealkylation sites (tertiary alicyclic amines) is 2. The van der Waals surface area contributed by atoms with E-state index in [2.05, 4.69) is 9.80 Å². The molecule has 2 saturated heterocycles. The number of fused-ring (bicyclic) bond motifs is 1. The fraction of sp³-hybridized carbons (Fsp3) is 0.611. The molecule has 0 amide bonds. The Labute approximate surface area is 143 Å². The molecule has 1 unspecified atom stereocenters. The second-order valence-corrected chi connectivity index (χ2v) is 7.13. The van der Waals surface area contributed by atoms with Crippen LogP contribution in [0.2, 0.25) is 5.02 Å². The van der Waals surface area contributed by atoms with E-state index in [1.807, 2.05) is 18.2 Å². The van der Waals surface area contributed by atoms with E-state index in [9.17, 15) is 0 Å². The molecular weight excluding hydrogens is 310 g/mol. The number of amidine groups is 1. The van der Waals surface area contributed by atoms with Gasteiger partial charge in [-0.2, -0.15) is 0 Å². The van der Waals surface area contributed by atoms with Gasteiger partial charge in [-0.25, -0.2) is 4.99 Å². The number of halogens is 1. The van der Waals surface area contributed by atoms with Crippen molar-refractivity contribution in [2.24, 2.45) is 4.99 Å². The van der Waals surface area contributed by atoms with Gasteiger partial charge in [-0.3, -0.25) is 4.90 Å². The van der Waals surface area contributed by atoms with E-state index in [1.165, 1.54) is 38.5 Å². The van der Waals surface area contributed by atoms with Crippen molar-refractivity contribution in [1.82, 2.24) is 9.80 Å². The summed E-state index contributed by atoms with van der Waals surface area (Å²) >= 11 is 6.15. The maximum Gasteiger partial charge on any atom is 0.211 e. The second-order valence-electron chi connectivity index (χ2n) is 6.70. The minimum atomic E-state index is -0.0397. The molecule has 0 N–H and O–H groups in total. The van der Waals surface area contributed by atoms with Crippen LogP contribution in [-0.4, -0.2) is 48.0 Å². The molecule has 0 saturated carbocycles. The molecule has 1 aromatic rings. The molecule has 0 bridgehead atoms. The van der Waals surface area contributed by atoms with Crippen molar-refractivity contribution in [3.8, 4) is 5.75 Å². The number of rotatable bonds is 1. The zero-order valence-electron chi connectivity index (χ0n) is 13.5. The molecule has 5 heteroatoms. The van der Waals surface area contributed by atoms with E-state index in [4.69, 9.17) is 21.3 Å². The Morgan fingerprint density at radius 3 is 2.39 bits per heavy atom. The van der Waals surface area contributed by atoms with Gasteiger partial charge in [-0.05, 0) is 50.3 Å². The van der Waals surface area contributed by atoms with Crippen molar-refractivity contribution < 1.29 is 4.74 Å². The third-order valence-corrected chi connectivity index (χ3v) is 5.25. The molecule has 0 spiro atoms. The number of ether oxygens (including phenoxy) is 1. The topological polar surface area (TPSA) is 28.1 Å². The van der Waals surface area contributed by atoms with Crippen LogP contribution in [0.4, 0.5) is 5.69 Å². The van der Waals surface area contributed by atoms with Crippen LogP contribution in [0.25, 0.3) is 0 Å². The van der Waals surface area contributed by atoms with Crippen LogP contribution in [0, 0.1) is 0 Å². The summed E-state index contributed by atoms with van der Waals surface area (Å²) in [4.78, 5) is 9.85. The molecule has 0 aliphatic carbocycles. The van der Waals surface area contributed by atoms with Gasteiger partial charge in [-0.1, -0.05) is 18.0 Å². The Balaban J connectivity index is 1.68. The molecule has 4 rings (SSSR count). The lowest BCUT2D eigenvalue weighted by Crippen LogP contribution is -2.55. The Morgan fingerprint density at radius 2 is 1.65 bits per heavy atom. The van der Waals surface area contributed by atoms with Crippen molar-refractivity contribution in [3.63, 3.8) is 0 Å². The Hall–Kier alpha value is -1.26. The van der Waals surface area contributed by atoms with Gasteiger partial charge in [0.25, 0.3) is 0 Å². The summed E-state index contributed by atoms with van der Waals surface area (Å²) in [6, 6.07) is 5.74. The summed E-state index contributed by atoms with van der Waals surface area (Å²) in [7, 11) is 0. The molecule has 23 heavy (non-hydrogen) atoms. The van der Waals surface area contributed by atoms with E-state index >= 15 is 0 Å². The minimum absolute atomic E-state index is 0.0397. The number of aliphatic imine (C=N–C) groups is 1. The van der Waals surface area contributed by atoms with Crippen LogP contribution < -0.4 is 4.74 Å². The predicted molar refractivity (Wildman–Crippen MR) is 93.8 cm³/mol.